The maximum Gasteiger partial charge on any atom is 0.531 e. The highest BCUT2D eigenvalue weighted by Crippen LogP contribution is 2.28. The Morgan fingerprint density at radius 2 is 1.06 bits per heavy atom. The average Bonchev–Trinajstić information content (AvgIpc) is 3.21. The molecule has 0 heterocycles. The second-order valence-corrected chi connectivity index (χ2v) is 19.6. The number of carbonyl (C=O) groups is 6. The molecule has 0 aliphatic carbocycles. The number of ether oxygens (including phenoxy) is 6. The molecule has 22 heteroatoms. The summed E-state index contributed by atoms with van der Waals surface area (Å²) in [5, 5.41) is 5.04. The van der Waals surface area contributed by atoms with E-state index in [-0.39, 0.29) is 24.1 Å². The quantitative estimate of drug-likeness (QED) is 0.0281. The van der Waals surface area contributed by atoms with Gasteiger partial charge in [-0.05, 0) is 82.1 Å². The van der Waals surface area contributed by atoms with Crippen LogP contribution < -0.4 is 10.6 Å². The van der Waals surface area contributed by atoms with Crippen LogP contribution in [0.15, 0.2) is 36.2 Å². The third-order valence-corrected chi connectivity index (χ3v) is 14.0. The van der Waals surface area contributed by atoms with Crippen LogP contribution in [0.2, 0.25) is 6.04 Å². The zero-order chi connectivity index (χ0) is 48.1. The standard InChI is InChI=1S/C41H72N2O18Si2/c1-14-54-62(55-15-2,56-16-3)23-20-21-42-39(48)61-34(27-51-36(45)31(9)10)29-53-38(47)41(12,13)25-32(11)37(46)52-28-33(26-50-35(44)30(7)8)60-40(49)43-22-24-63(57-17-4,58-18-5)59-19-6/h22,24,32-34H,7,9,14-21,23,25-29H2,1-6,8,10-13H3,(H,42,48)(H,43,49)/b24-22+. The van der Waals surface area contributed by atoms with Crippen LogP contribution in [-0.2, 0) is 74.2 Å². The van der Waals surface area contributed by atoms with Crippen molar-refractivity contribution in [2.45, 2.75) is 107 Å². The molecule has 0 aromatic heterocycles. The van der Waals surface area contributed by atoms with Crippen LogP contribution in [0.4, 0.5) is 9.59 Å². The number of carbonyl (C=O) groups excluding carboxylic acids is 6. The Morgan fingerprint density at radius 3 is 1.51 bits per heavy atom. The maximum absolute atomic E-state index is 13.3. The van der Waals surface area contributed by atoms with Gasteiger partial charge in [0.25, 0.3) is 0 Å². The first-order valence-electron chi connectivity index (χ1n) is 21.1. The fourth-order valence-corrected chi connectivity index (χ4v) is 10.0. The number of rotatable bonds is 34. The smallest absolute Gasteiger partial charge is 0.461 e. The molecule has 63 heavy (non-hydrogen) atoms. The van der Waals surface area contributed by atoms with Gasteiger partial charge in [0.1, 0.15) is 26.4 Å². The lowest BCUT2D eigenvalue weighted by molar-refractivity contribution is -0.162. The minimum absolute atomic E-state index is 0.0655. The van der Waals surface area contributed by atoms with Crippen molar-refractivity contribution >= 4 is 53.7 Å². The van der Waals surface area contributed by atoms with Gasteiger partial charge in [-0.15, -0.1) is 0 Å². The molecular weight excluding hydrogens is 865 g/mol. The van der Waals surface area contributed by atoms with Crippen molar-refractivity contribution < 1.29 is 83.7 Å². The lowest BCUT2D eigenvalue weighted by Gasteiger charge is -2.28. The molecule has 2 N–H and O–H groups in total. The highest BCUT2D eigenvalue weighted by Gasteiger charge is 2.40. The Bertz CT molecular complexity index is 1460. The molecule has 2 amide bonds. The summed E-state index contributed by atoms with van der Waals surface area (Å²) in [5.41, 5.74) is 0.399. The van der Waals surface area contributed by atoms with E-state index < -0.39 is 104 Å². The Hall–Kier alpha value is -4.17. The van der Waals surface area contributed by atoms with Gasteiger partial charge in [-0.2, -0.15) is 0 Å². The van der Waals surface area contributed by atoms with Crippen molar-refractivity contribution in [3.63, 3.8) is 0 Å². The van der Waals surface area contributed by atoms with Gasteiger partial charge in [0.05, 0.1) is 11.3 Å². The minimum Gasteiger partial charge on any atom is -0.461 e. The summed E-state index contributed by atoms with van der Waals surface area (Å²) in [5.74, 6) is -3.90. The van der Waals surface area contributed by atoms with Gasteiger partial charge in [0, 0.05) is 75.3 Å². The Balaban J connectivity index is 5.61. The van der Waals surface area contributed by atoms with E-state index in [4.69, 9.17) is 55.0 Å². The number of hydrogen-bond acceptors (Lipinski definition) is 18. The second kappa shape index (κ2) is 31.6. The van der Waals surface area contributed by atoms with Gasteiger partial charge in [0.15, 0.2) is 12.2 Å². The molecule has 0 fully saturated rings. The van der Waals surface area contributed by atoms with Crippen LogP contribution in [0.1, 0.15) is 89.0 Å². The van der Waals surface area contributed by atoms with Crippen molar-refractivity contribution in [2.75, 3.05) is 72.6 Å². The monoisotopic (exact) mass is 936 g/mol. The summed E-state index contributed by atoms with van der Waals surface area (Å²) in [6.45, 7) is 25.8. The summed E-state index contributed by atoms with van der Waals surface area (Å²) in [6, 6.07) is 0.443. The fourth-order valence-electron chi connectivity index (χ4n) is 5.39. The first-order valence-corrected chi connectivity index (χ1v) is 24.8. The molecule has 0 aliphatic heterocycles. The number of nitrogens with one attached hydrogen (secondary N) is 2. The summed E-state index contributed by atoms with van der Waals surface area (Å²) in [7, 11) is -6.18. The first-order chi connectivity index (χ1) is 29.7. The van der Waals surface area contributed by atoms with Crippen LogP contribution >= 0.6 is 0 Å². The van der Waals surface area contributed by atoms with E-state index in [0.29, 0.717) is 52.1 Å². The Labute approximate surface area is 374 Å². The average molecular weight is 937 g/mol. The molecule has 0 spiro atoms. The predicted molar refractivity (Wildman–Crippen MR) is 233 cm³/mol. The highest BCUT2D eigenvalue weighted by molar-refractivity contribution is 6.66. The van der Waals surface area contributed by atoms with Crippen molar-refractivity contribution in [3.8, 4) is 0 Å². The van der Waals surface area contributed by atoms with E-state index in [0.717, 1.165) is 0 Å². The molecule has 20 nitrogen and oxygen atoms in total. The normalized spacial score (nSPS) is 13.3. The molecule has 0 saturated heterocycles. The Morgan fingerprint density at radius 1 is 0.635 bits per heavy atom. The molecule has 0 saturated carbocycles. The molecule has 362 valence electrons. The second-order valence-electron chi connectivity index (χ2n) is 14.4. The van der Waals surface area contributed by atoms with E-state index >= 15 is 0 Å². The molecule has 3 unspecified atom stereocenters. The molecular formula is C41H72N2O18Si2. The number of hydrogen-bond donors (Lipinski definition) is 2. The predicted octanol–water partition coefficient (Wildman–Crippen LogP) is 5.09. The number of alkyl carbamates (subject to hydrolysis) is 2. The van der Waals surface area contributed by atoms with Crippen LogP contribution in [0.25, 0.3) is 0 Å². The number of amides is 2. The van der Waals surface area contributed by atoms with Gasteiger partial charge in [-0.3, -0.25) is 14.9 Å². The van der Waals surface area contributed by atoms with E-state index in [1.54, 1.807) is 34.6 Å². The van der Waals surface area contributed by atoms with E-state index in [9.17, 15) is 28.8 Å². The lowest BCUT2D eigenvalue weighted by Crippen LogP contribution is -2.46. The molecule has 0 aromatic rings. The van der Waals surface area contributed by atoms with Gasteiger partial charge < -0.3 is 60.3 Å². The Kier molecular flexibility index (Phi) is 29.6. The van der Waals surface area contributed by atoms with Crippen molar-refractivity contribution in [2.24, 2.45) is 11.3 Å². The van der Waals surface area contributed by atoms with Gasteiger partial charge in [0.2, 0.25) is 0 Å². The van der Waals surface area contributed by atoms with Gasteiger partial charge in [-0.1, -0.05) is 20.1 Å². The minimum atomic E-state index is -3.25. The molecule has 0 aliphatic rings. The van der Waals surface area contributed by atoms with Crippen LogP contribution in [0, 0.1) is 11.3 Å². The van der Waals surface area contributed by atoms with E-state index in [2.05, 4.69) is 23.8 Å². The summed E-state index contributed by atoms with van der Waals surface area (Å²) < 4.78 is 66.8. The zero-order valence-corrected chi connectivity index (χ0v) is 41.0. The highest BCUT2D eigenvalue weighted by atomic mass is 28.4. The van der Waals surface area contributed by atoms with Gasteiger partial charge >= 0.3 is 53.7 Å². The largest absolute Gasteiger partial charge is 0.531 e. The lowest BCUT2D eigenvalue weighted by atomic mass is 9.83. The first kappa shape index (κ1) is 58.8. The molecule has 3 atom stereocenters. The third kappa shape index (κ3) is 24.5. The summed E-state index contributed by atoms with van der Waals surface area (Å²) in [4.78, 5) is 76.3. The van der Waals surface area contributed by atoms with Crippen molar-refractivity contribution in [1.82, 2.24) is 10.6 Å². The van der Waals surface area contributed by atoms with Gasteiger partial charge in [-0.25, -0.2) is 19.2 Å². The van der Waals surface area contributed by atoms with E-state index in [1.165, 1.54) is 32.7 Å². The van der Waals surface area contributed by atoms with Crippen LogP contribution in [0.5, 0.6) is 0 Å². The van der Waals surface area contributed by atoms with Crippen molar-refractivity contribution in [1.29, 1.82) is 0 Å². The number of esters is 4. The summed E-state index contributed by atoms with van der Waals surface area (Å²) >= 11 is 0. The SMILES string of the molecule is C=C(C)C(=O)OCC(COC(=O)C(C)CC(C)(C)C(=O)OCC(COC(=O)C(=C)C)OC(=O)NCCC[Si](OCC)(OCC)OCC)OC(=O)N/C=C/[Si](OCC)(OCC)OCC. The van der Waals surface area contributed by atoms with E-state index in [1.807, 2.05) is 20.8 Å². The topological polar surface area (TPSA) is 237 Å². The van der Waals surface area contributed by atoms with Crippen LogP contribution in [-0.4, -0.2) is 138 Å². The van der Waals surface area contributed by atoms with Crippen molar-refractivity contribution in [3.05, 3.63) is 36.2 Å². The fraction of sp³-hybridized carbons (Fsp3) is 0.707. The molecule has 0 aromatic carbocycles. The molecule has 0 rings (SSSR count). The third-order valence-electron chi connectivity index (χ3n) is 8.18. The zero-order valence-electron chi connectivity index (χ0n) is 39.0. The molecule has 0 radical (unpaired) electrons. The van der Waals surface area contributed by atoms with Crippen LogP contribution in [0.3, 0.4) is 0 Å². The summed E-state index contributed by atoms with van der Waals surface area (Å²) in [6.07, 6.45) is -2.63. The maximum atomic E-state index is 13.3. The molecule has 0 bridgehead atoms.